The van der Waals surface area contributed by atoms with Gasteiger partial charge in [-0.15, -0.1) is 0 Å². The fraction of sp³-hybridized carbons (Fsp3) is 0. The van der Waals surface area contributed by atoms with Gasteiger partial charge in [-0.2, -0.15) is 0 Å². The van der Waals surface area contributed by atoms with Crippen LogP contribution in [0.1, 0.15) is 10.4 Å². The van der Waals surface area contributed by atoms with Gasteiger partial charge >= 0.3 is 0 Å². The van der Waals surface area contributed by atoms with E-state index in [1.165, 1.54) is 11.8 Å². The van der Waals surface area contributed by atoms with Crippen LogP contribution in [0.4, 0.5) is 5.69 Å². The number of rotatable bonds is 3. The summed E-state index contributed by atoms with van der Waals surface area (Å²) >= 11 is 7.36. The molecule has 0 aliphatic heterocycles. The molecule has 18 heavy (non-hydrogen) atoms. The van der Waals surface area contributed by atoms with Gasteiger partial charge < -0.3 is 11.5 Å². The van der Waals surface area contributed by atoms with Crippen LogP contribution < -0.4 is 11.5 Å². The molecule has 0 unspecified atom stereocenters. The Bertz CT molecular complexity index is 601. The van der Waals surface area contributed by atoms with Crippen molar-refractivity contribution in [3.63, 3.8) is 0 Å². The Morgan fingerprint density at radius 3 is 2.56 bits per heavy atom. The van der Waals surface area contributed by atoms with E-state index in [2.05, 4.69) is 0 Å². The second-order valence-electron chi connectivity index (χ2n) is 3.64. The first-order valence-corrected chi connectivity index (χ1v) is 6.39. The summed E-state index contributed by atoms with van der Waals surface area (Å²) in [5, 5.41) is 0.657. The predicted molar refractivity (Wildman–Crippen MR) is 74.9 cm³/mol. The van der Waals surface area contributed by atoms with Gasteiger partial charge in [-0.25, -0.2) is 0 Å². The fourth-order valence-electron chi connectivity index (χ4n) is 1.51. The van der Waals surface area contributed by atoms with Crippen LogP contribution in [0.5, 0.6) is 0 Å². The van der Waals surface area contributed by atoms with Crippen molar-refractivity contribution < 1.29 is 4.79 Å². The number of halogens is 1. The summed E-state index contributed by atoms with van der Waals surface area (Å²) < 4.78 is 0. The Kier molecular flexibility index (Phi) is 3.79. The number of anilines is 1. The second-order valence-corrected chi connectivity index (χ2v) is 5.19. The van der Waals surface area contributed by atoms with E-state index in [1.54, 1.807) is 18.2 Å². The van der Waals surface area contributed by atoms with E-state index in [0.29, 0.717) is 16.3 Å². The Balaban J connectivity index is 2.35. The molecular weight excluding hydrogens is 268 g/mol. The summed E-state index contributed by atoms with van der Waals surface area (Å²) in [5.41, 5.74) is 11.9. The first-order chi connectivity index (χ1) is 8.58. The molecule has 3 nitrogen and oxygen atoms in total. The highest BCUT2D eigenvalue weighted by Gasteiger charge is 2.10. The number of amides is 1. The molecule has 0 saturated carbocycles. The third kappa shape index (κ3) is 2.78. The molecule has 0 fully saturated rings. The molecule has 0 atom stereocenters. The topological polar surface area (TPSA) is 69.1 Å². The van der Waals surface area contributed by atoms with Gasteiger partial charge in [-0.05, 0) is 30.3 Å². The summed E-state index contributed by atoms with van der Waals surface area (Å²) in [6.45, 7) is 0. The Morgan fingerprint density at radius 1 is 1.17 bits per heavy atom. The molecule has 0 aliphatic rings. The first-order valence-electron chi connectivity index (χ1n) is 5.19. The molecule has 0 spiro atoms. The van der Waals surface area contributed by atoms with Crippen molar-refractivity contribution in [1.82, 2.24) is 0 Å². The molecule has 5 heteroatoms. The number of carbonyl (C=O) groups is 1. The van der Waals surface area contributed by atoms with Crippen LogP contribution in [0.25, 0.3) is 0 Å². The molecule has 1 amide bonds. The summed E-state index contributed by atoms with van der Waals surface area (Å²) in [6.07, 6.45) is 0. The van der Waals surface area contributed by atoms with Gasteiger partial charge in [-0.1, -0.05) is 35.5 Å². The average molecular weight is 279 g/mol. The zero-order chi connectivity index (χ0) is 13.1. The second kappa shape index (κ2) is 5.33. The lowest BCUT2D eigenvalue weighted by molar-refractivity contribution is 0.100. The van der Waals surface area contributed by atoms with E-state index in [1.807, 2.05) is 24.3 Å². The lowest BCUT2D eigenvalue weighted by Crippen LogP contribution is -2.13. The molecule has 2 aromatic carbocycles. The van der Waals surface area contributed by atoms with E-state index in [4.69, 9.17) is 23.1 Å². The number of nitrogens with two attached hydrogens (primary N) is 2. The maximum atomic E-state index is 11.2. The zero-order valence-electron chi connectivity index (χ0n) is 9.39. The highest BCUT2D eigenvalue weighted by molar-refractivity contribution is 7.99. The van der Waals surface area contributed by atoms with Crippen LogP contribution in [0, 0.1) is 0 Å². The number of primary amides is 1. The number of carbonyl (C=O) groups excluding carboxylic acids is 1. The van der Waals surface area contributed by atoms with Crippen molar-refractivity contribution >= 4 is 35.0 Å². The van der Waals surface area contributed by atoms with Crippen LogP contribution in [0.15, 0.2) is 52.3 Å². The maximum Gasteiger partial charge on any atom is 0.250 e. The molecule has 2 rings (SSSR count). The molecule has 2 aromatic rings. The highest BCUT2D eigenvalue weighted by atomic mass is 35.5. The number of hydrogen-bond acceptors (Lipinski definition) is 3. The average Bonchev–Trinajstić information content (AvgIpc) is 2.31. The van der Waals surface area contributed by atoms with Crippen molar-refractivity contribution in [2.75, 3.05) is 5.73 Å². The van der Waals surface area contributed by atoms with Gasteiger partial charge in [0.25, 0.3) is 5.91 Å². The van der Waals surface area contributed by atoms with Gasteiger partial charge in [0.2, 0.25) is 0 Å². The summed E-state index contributed by atoms with van der Waals surface area (Å²) in [4.78, 5) is 12.9. The monoisotopic (exact) mass is 278 g/mol. The molecule has 0 saturated heterocycles. The molecule has 0 aliphatic carbocycles. The first kappa shape index (κ1) is 12.8. The molecule has 4 N–H and O–H groups in total. The maximum absolute atomic E-state index is 11.2. The number of para-hydroxylation sites is 1. The third-order valence-electron chi connectivity index (χ3n) is 2.36. The molecule has 92 valence electrons. The standard InChI is InChI=1S/C13H11ClN2OS/c14-8-3-1-4-9(7-8)18-11-6-2-5-10(12(11)15)13(16)17/h1-7H,15H2,(H2,16,17). The molecule has 0 bridgehead atoms. The molecule has 0 aromatic heterocycles. The minimum Gasteiger partial charge on any atom is -0.397 e. The Hall–Kier alpha value is -1.65. The van der Waals surface area contributed by atoms with Crippen LogP contribution in [-0.4, -0.2) is 5.91 Å². The van der Waals surface area contributed by atoms with Gasteiger partial charge in [-0.3, -0.25) is 4.79 Å². The van der Waals surface area contributed by atoms with Gasteiger partial charge in [0.15, 0.2) is 0 Å². The van der Waals surface area contributed by atoms with Crippen LogP contribution in [-0.2, 0) is 0 Å². The van der Waals surface area contributed by atoms with Crippen molar-refractivity contribution in [2.24, 2.45) is 5.73 Å². The molecule has 0 heterocycles. The van der Waals surface area contributed by atoms with E-state index >= 15 is 0 Å². The molecular formula is C13H11ClN2OS. The lowest BCUT2D eigenvalue weighted by atomic mass is 10.2. The third-order valence-corrected chi connectivity index (χ3v) is 3.66. The van der Waals surface area contributed by atoms with Gasteiger partial charge in [0, 0.05) is 14.8 Å². The number of hydrogen-bond donors (Lipinski definition) is 2. The zero-order valence-corrected chi connectivity index (χ0v) is 11.0. The van der Waals surface area contributed by atoms with Crippen molar-refractivity contribution in [3.8, 4) is 0 Å². The summed E-state index contributed by atoms with van der Waals surface area (Å²) in [5.74, 6) is -0.527. The molecule has 0 radical (unpaired) electrons. The van der Waals surface area contributed by atoms with Gasteiger partial charge in [0.05, 0.1) is 11.3 Å². The Morgan fingerprint density at radius 2 is 1.89 bits per heavy atom. The number of benzene rings is 2. The Labute approximate surface area is 114 Å². The minimum absolute atomic E-state index is 0.335. The normalized spacial score (nSPS) is 10.3. The minimum atomic E-state index is -0.527. The highest BCUT2D eigenvalue weighted by Crippen LogP contribution is 2.34. The SMILES string of the molecule is NC(=O)c1cccc(Sc2cccc(Cl)c2)c1N. The van der Waals surface area contributed by atoms with Crippen molar-refractivity contribution in [1.29, 1.82) is 0 Å². The van der Waals surface area contributed by atoms with Crippen molar-refractivity contribution in [2.45, 2.75) is 9.79 Å². The smallest absolute Gasteiger partial charge is 0.250 e. The summed E-state index contributed by atoms with van der Waals surface area (Å²) in [7, 11) is 0. The van der Waals surface area contributed by atoms with E-state index < -0.39 is 5.91 Å². The van der Waals surface area contributed by atoms with Gasteiger partial charge in [0.1, 0.15) is 0 Å². The largest absolute Gasteiger partial charge is 0.397 e. The summed E-state index contributed by atoms with van der Waals surface area (Å²) in [6, 6.07) is 12.6. The predicted octanol–water partition coefficient (Wildman–Crippen LogP) is 3.17. The van der Waals surface area contributed by atoms with Crippen LogP contribution in [0.3, 0.4) is 0 Å². The van der Waals surface area contributed by atoms with E-state index in [-0.39, 0.29) is 0 Å². The van der Waals surface area contributed by atoms with Crippen LogP contribution in [0.2, 0.25) is 5.02 Å². The van der Waals surface area contributed by atoms with Crippen molar-refractivity contribution in [3.05, 3.63) is 53.1 Å². The lowest BCUT2D eigenvalue weighted by Gasteiger charge is -2.08. The quantitative estimate of drug-likeness (QED) is 0.847. The van der Waals surface area contributed by atoms with Crippen LogP contribution >= 0.6 is 23.4 Å². The number of nitrogen functional groups attached to an aromatic ring is 1. The van der Waals surface area contributed by atoms with E-state index in [9.17, 15) is 4.79 Å². The van der Waals surface area contributed by atoms with E-state index in [0.717, 1.165) is 9.79 Å². The fourth-order valence-corrected chi connectivity index (χ4v) is 2.71.